The second-order valence-electron chi connectivity index (χ2n) is 6.36. The summed E-state index contributed by atoms with van der Waals surface area (Å²) in [6.45, 7) is 1.26. The molecule has 1 aromatic carbocycles. The van der Waals surface area contributed by atoms with Crippen LogP contribution in [-0.4, -0.2) is 49.4 Å². The van der Waals surface area contributed by atoms with Crippen molar-refractivity contribution in [2.45, 2.75) is 31.4 Å². The number of benzene rings is 1. The lowest BCUT2D eigenvalue weighted by atomic mass is 10.0. The van der Waals surface area contributed by atoms with Crippen molar-refractivity contribution in [2.24, 2.45) is 5.92 Å². The number of aliphatic hydroxyl groups excluding tert-OH is 1. The molecular formula is C16H22FNO4S. The van der Waals surface area contributed by atoms with Gasteiger partial charge in [-0.25, -0.2) is 12.8 Å². The van der Waals surface area contributed by atoms with Crippen molar-refractivity contribution >= 4 is 10.0 Å². The molecule has 2 fully saturated rings. The highest BCUT2D eigenvalue weighted by molar-refractivity contribution is 7.89. The molecule has 128 valence electrons. The van der Waals surface area contributed by atoms with Gasteiger partial charge in [0.15, 0.2) is 0 Å². The summed E-state index contributed by atoms with van der Waals surface area (Å²) < 4.78 is 45.7. The van der Waals surface area contributed by atoms with Crippen LogP contribution in [0.2, 0.25) is 0 Å². The van der Waals surface area contributed by atoms with Crippen molar-refractivity contribution in [1.82, 2.24) is 4.31 Å². The molecule has 2 atom stereocenters. The molecule has 7 heteroatoms. The van der Waals surface area contributed by atoms with E-state index in [1.807, 2.05) is 0 Å². The third kappa shape index (κ3) is 3.91. The van der Waals surface area contributed by atoms with Crippen molar-refractivity contribution in [2.75, 3.05) is 25.5 Å². The quantitative estimate of drug-likeness (QED) is 0.903. The highest BCUT2D eigenvalue weighted by Crippen LogP contribution is 2.35. The summed E-state index contributed by atoms with van der Waals surface area (Å²) in [5, 5.41) is 9.95. The van der Waals surface area contributed by atoms with Gasteiger partial charge in [0.05, 0.1) is 17.9 Å². The summed E-state index contributed by atoms with van der Waals surface area (Å²) in [5.74, 6) is -0.250. The Labute approximate surface area is 136 Å². The van der Waals surface area contributed by atoms with Crippen LogP contribution in [0.1, 0.15) is 30.9 Å². The van der Waals surface area contributed by atoms with E-state index in [0.29, 0.717) is 25.2 Å². The van der Waals surface area contributed by atoms with Gasteiger partial charge in [0.2, 0.25) is 10.0 Å². The Kier molecular flexibility index (Phi) is 5.01. The van der Waals surface area contributed by atoms with E-state index < -0.39 is 28.0 Å². The maximum absolute atomic E-state index is 13.5. The van der Waals surface area contributed by atoms with Crippen LogP contribution in [0.5, 0.6) is 0 Å². The van der Waals surface area contributed by atoms with Crippen LogP contribution in [0.25, 0.3) is 0 Å². The van der Waals surface area contributed by atoms with Crippen molar-refractivity contribution in [3.63, 3.8) is 0 Å². The highest BCUT2D eigenvalue weighted by atomic mass is 32.2. The molecule has 0 saturated carbocycles. The Hall–Kier alpha value is -1.02. The third-order valence-corrected chi connectivity index (χ3v) is 6.62. The fourth-order valence-corrected chi connectivity index (χ4v) is 5.53. The minimum Gasteiger partial charge on any atom is -0.392 e. The molecule has 1 aromatic rings. The van der Waals surface area contributed by atoms with E-state index in [9.17, 15) is 17.9 Å². The van der Waals surface area contributed by atoms with Crippen molar-refractivity contribution in [3.05, 3.63) is 35.6 Å². The smallest absolute Gasteiger partial charge is 0.215 e. The fourth-order valence-electron chi connectivity index (χ4n) is 3.42. The van der Waals surface area contributed by atoms with E-state index in [2.05, 4.69) is 0 Å². The monoisotopic (exact) mass is 343 g/mol. The lowest BCUT2D eigenvalue weighted by Crippen LogP contribution is -2.37. The zero-order valence-corrected chi connectivity index (χ0v) is 13.7. The molecule has 1 N–H and O–H groups in total. The first-order valence-corrected chi connectivity index (χ1v) is 9.57. The molecule has 0 amide bonds. The number of rotatable bonds is 4. The first-order valence-electron chi connectivity index (χ1n) is 7.96. The van der Waals surface area contributed by atoms with Crippen LogP contribution in [-0.2, 0) is 14.8 Å². The molecule has 2 aliphatic heterocycles. The van der Waals surface area contributed by atoms with Crippen LogP contribution in [0, 0.1) is 11.7 Å². The highest BCUT2D eigenvalue weighted by Gasteiger charge is 2.40. The number of β-amino-alcohol motifs (C(OH)–C–C–N with tert-alkyl or cyclic N) is 1. The normalized spacial score (nSPS) is 27.4. The molecule has 0 aromatic heterocycles. The second-order valence-corrected chi connectivity index (χ2v) is 8.33. The average molecular weight is 343 g/mol. The maximum atomic E-state index is 13.5. The summed E-state index contributed by atoms with van der Waals surface area (Å²) in [4.78, 5) is 0. The maximum Gasteiger partial charge on any atom is 0.215 e. The topological polar surface area (TPSA) is 66.8 Å². The minimum absolute atomic E-state index is 0.0644. The summed E-state index contributed by atoms with van der Waals surface area (Å²) >= 11 is 0. The molecule has 2 heterocycles. The zero-order chi connectivity index (χ0) is 16.4. The number of hydrogen-bond donors (Lipinski definition) is 1. The molecule has 23 heavy (non-hydrogen) atoms. The van der Waals surface area contributed by atoms with Gasteiger partial charge >= 0.3 is 0 Å². The summed E-state index contributed by atoms with van der Waals surface area (Å²) in [6.07, 6.45) is 1.06. The van der Waals surface area contributed by atoms with Crippen molar-refractivity contribution < 1.29 is 22.7 Å². The number of halogens is 1. The molecule has 3 rings (SSSR count). The average Bonchev–Trinajstić information content (AvgIpc) is 2.91. The molecule has 0 radical (unpaired) electrons. The van der Waals surface area contributed by atoms with E-state index in [1.54, 1.807) is 12.1 Å². The molecule has 2 saturated heterocycles. The van der Waals surface area contributed by atoms with Gasteiger partial charge in [-0.1, -0.05) is 12.1 Å². The van der Waals surface area contributed by atoms with Gasteiger partial charge in [-0.2, -0.15) is 4.31 Å². The van der Waals surface area contributed by atoms with E-state index in [4.69, 9.17) is 4.74 Å². The van der Waals surface area contributed by atoms with Gasteiger partial charge in [-0.3, -0.25) is 0 Å². The summed E-state index contributed by atoms with van der Waals surface area (Å²) in [6, 6.07) is 5.46. The molecule has 0 unspecified atom stereocenters. The Morgan fingerprint density at radius 3 is 2.74 bits per heavy atom. The van der Waals surface area contributed by atoms with Crippen molar-refractivity contribution in [3.8, 4) is 0 Å². The van der Waals surface area contributed by atoms with Crippen molar-refractivity contribution in [1.29, 1.82) is 0 Å². The van der Waals surface area contributed by atoms with E-state index in [1.165, 1.54) is 16.4 Å². The summed E-state index contributed by atoms with van der Waals surface area (Å²) in [7, 11) is -3.51. The van der Waals surface area contributed by atoms with Crippen LogP contribution >= 0.6 is 0 Å². The van der Waals surface area contributed by atoms with E-state index in [0.717, 1.165) is 12.8 Å². The Balaban J connectivity index is 1.80. The van der Waals surface area contributed by atoms with Gasteiger partial charge in [0.25, 0.3) is 0 Å². The first-order chi connectivity index (χ1) is 11.0. The summed E-state index contributed by atoms with van der Waals surface area (Å²) in [5.41, 5.74) is 0.595. The molecule has 0 bridgehead atoms. The Morgan fingerprint density at radius 2 is 2.04 bits per heavy atom. The lowest BCUT2D eigenvalue weighted by molar-refractivity contribution is 0.0720. The first kappa shape index (κ1) is 16.8. The van der Waals surface area contributed by atoms with E-state index in [-0.39, 0.29) is 18.2 Å². The fraction of sp³-hybridized carbons (Fsp3) is 0.625. The van der Waals surface area contributed by atoms with Gasteiger partial charge < -0.3 is 9.84 Å². The number of aliphatic hydroxyl groups is 1. The van der Waals surface area contributed by atoms with Gasteiger partial charge in [0.1, 0.15) is 5.82 Å². The van der Waals surface area contributed by atoms with Crippen LogP contribution in [0.15, 0.2) is 24.3 Å². The number of hydrogen-bond acceptors (Lipinski definition) is 4. The predicted octanol–water partition coefficient (Wildman–Crippen LogP) is 1.69. The van der Waals surface area contributed by atoms with Crippen LogP contribution < -0.4 is 0 Å². The number of nitrogens with zero attached hydrogens (tertiary/aromatic N) is 1. The molecule has 2 aliphatic rings. The Morgan fingerprint density at radius 1 is 1.30 bits per heavy atom. The minimum atomic E-state index is -3.51. The lowest BCUT2D eigenvalue weighted by Gasteiger charge is -2.28. The van der Waals surface area contributed by atoms with Crippen LogP contribution in [0.4, 0.5) is 4.39 Å². The Bertz CT molecular complexity index is 645. The predicted molar refractivity (Wildman–Crippen MR) is 83.8 cm³/mol. The van der Waals surface area contributed by atoms with Crippen LogP contribution in [0.3, 0.4) is 0 Å². The largest absolute Gasteiger partial charge is 0.392 e. The third-order valence-electron chi connectivity index (χ3n) is 4.61. The van der Waals surface area contributed by atoms with Gasteiger partial charge in [-0.15, -0.1) is 0 Å². The number of ether oxygens (including phenoxy) is 1. The molecular weight excluding hydrogens is 321 g/mol. The zero-order valence-electron chi connectivity index (χ0n) is 12.9. The second kappa shape index (κ2) is 6.84. The molecule has 5 nitrogen and oxygen atoms in total. The number of sulfonamides is 1. The molecule has 0 aliphatic carbocycles. The standard InChI is InChI=1S/C16H22FNO4S/c17-14-3-1-2-13(8-14)16-9-15(19)10-18(16)23(20,21)11-12-4-6-22-7-5-12/h1-3,8,12,15-16,19H,4-7,9-11H2/t15-,16+/m0/s1. The van der Waals surface area contributed by atoms with E-state index >= 15 is 0 Å². The molecule has 0 spiro atoms. The van der Waals surface area contributed by atoms with Gasteiger partial charge in [-0.05, 0) is 42.9 Å². The SMILES string of the molecule is O=S(=O)(CC1CCOCC1)N1C[C@@H](O)C[C@@H]1c1cccc(F)c1. The van der Waals surface area contributed by atoms with Gasteiger partial charge in [0, 0.05) is 19.8 Å².